The fourth-order valence-electron chi connectivity index (χ4n) is 4.94. The Balaban J connectivity index is 1.32. The van der Waals surface area contributed by atoms with Gasteiger partial charge in [-0.2, -0.15) is 0 Å². The van der Waals surface area contributed by atoms with E-state index in [4.69, 9.17) is 0 Å². The summed E-state index contributed by atoms with van der Waals surface area (Å²) in [4.78, 5) is 57.3. The summed E-state index contributed by atoms with van der Waals surface area (Å²) in [5, 5.41) is 2.31. The lowest BCUT2D eigenvalue weighted by Crippen LogP contribution is -2.52. The van der Waals surface area contributed by atoms with Gasteiger partial charge in [0.05, 0.1) is 0 Å². The fraction of sp³-hybridized carbons (Fsp3) is 0.375. The van der Waals surface area contributed by atoms with Gasteiger partial charge in [-0.1, -0.05) is 6.07 Å². The summed E-state index contributed by atoms with van der Waals surface area (Å²) in [6, 6.07) is 8.46. The number of amides is 4. The Hall–Kier alpha value is -3.55. The van der Waals surface area contributed by atoms with Gasteiger partial charge in [0.1, 0.15) is 6.04 Å². The first-order chi connectivity index (χ1) is 15.5. The van der Waals surface area contributed by atoms with Crippen molar-refractivity contribution in [2.45, 2.75) is 44.2 Å². The summed E-state index contributed by atoms with van der Waals surface area (Å²) >= 11 is 0. The van der Waals surface area contributed by atoms with Gasteiger partial charge in [0.2, 0.25) is 11.8 Å². The molecular weight excluding hydrogens is 408 g/mol. The number of nitrogens with zero attached hydrogens (tertiary/aromatic N) is 3. The molecule has 1 N–H and O–H groups in total. The molecule has 3 aliphatic heterocycles. The summed E-state index contributed by atoms with van der Waals surface area (Å²) in [5.41, 5.74) is 2.95. The van der Waals surface area contributed by atoms with E-state index in [-0.39, 0.29) is 36.6 Å². The number of pyridine rings is 1. The average molecular weight is 432 g/mol. The number of likely N-dealkylation sites (tertiary alicyclic amines) is 1. The van der Waals surface area contributed by atoms with E-state index in [1.165, 1.54) is 4.90 Å². The van der Waals surface area contributed by atoms with Gasteiger partial charge >= 0.3 is 0 Å². The fourth-order valence-corrected chi connectivity index (χ4v) is 4.94. The minimum atomic E-state index is -0.658. The highest BCUT2D eigenvalue weighted by atomic mass is 16.2. The molecule has 1 aromatic carbocycles. The van der Waals surface area contributed by atoms with E-state index in [2.05, 4.69) is 16.4 Å². The molecule has 32 heavy (non-hydrogen) atoms. The average Bonchev–Trinajstić information content (AvgIpc) is 3.14. The summed E-state index contributed by atoms with van der Waals surface area (Å²) in [6.45, 7) is 1.61. The highest BCUT2D eigenvalue weighted by Gasteiger charge is 2.39. The number of piperidine rings is 2. The first-order valence-corrected chi connectivity index (χ1v) is 11.0. The zero-order chi connectivity index (χ0) is 22.2. The number of benzene rings is 1. The molecule has 2 saturated heterocycles. The van der Waals surface area contributed by atoms with Gasteiger partial charge in [-0.05, 0) is 54.7 Å². The van der Waals surface area contributed by atoms with E-state index < -0.39 is 11.9 Å². The molecule has 2 aromatic rings. The van der Waals surface area contributed by atoms with Crippen molar-refractivity contribution in [3.05, 3.63) is 65.0 Å². The van der Waals surface area contributed by atoms with Crippen molar-refractivity contribution in [2.24, 2.45) is 0 Å². The Morgan fingerprint density at radius 3 is 2.78 bits per heavy atom. The Morgan fingerprint density at radius 1 is 1.12 bits per heavy atom. The molecule has 0 spiro atoms. The Morgan fingerprint density at radius 2 is 2.00 bits per heavy atom. The van der Waals surface area contributed by atoms with Crippen molar-refractivity contribution < 1.29 is 19.2 Å². The van der Waals surface area contributed by atoms with Crippen molar-refractivity contribution in [1.82, 2.24) is 20.1 Å². The summed E-state index contributed by atoms with van der Waals surface area (Å²) in [5.74, 6) is -0.764. The normalized spacial score (nSPS) is 23.2. The van der Waals surface area contributed by atoms with Crippen LogP contribution in [-0.4, -0.2) is 57.5 Å². The number of fused-ring (bicyclic) bond motifs is 1. The molecule has 8 heteroatoms. The topological polar surface area (TPSA) is 99.7 Å². The number of nitrogens with one attached hydrogen (secondary N) is 1. The van der Waals surface area contributed by atoms with Gasteiger partial charge in [-0.3, -0.25) is 29.5 Å². The number of hydrogen-bond acceptors (Lipinski definition) is 5. The van der Waals surface area contributed by atoms with Crippen LogP contribution >= 0.6 is 0 Å². The standard InChI is InChI=1S/C24H24N4O4/c29-21-8-7-20(22(30)26-21)28-14-18-11-15(5-6-19(18)24(28)32)23(31)27-10-2-4-17(13-27)16-3-1-9-25-12-16/h1,3,5-6,9,11-12,17,20H,2,4,7-8,10,13-14H2,(H,26,29,30). The molecule has 4 heterocycles. The highest BCUT2D eigenvalue weighted by molar-refractivity contribution is 6.06. The molecule has 5 rings (SSSR count). The second-order valence-corrected chi connectivity index (χ2v) is 8.65. The van der Waals surface area contributed by atoms with Crippen LogP contribution < -0.4 is 5.32 Å². The third-order valence-corrected chi connectivity index (χ3v) is 6.63. The molecule has 2 atom stereocenters. The molecule has 164 valence electrons. The molecule has 4 amide bonds. The molecule has 8 nitrogen and oxygen atoms in total. The third kappa shape index (κ3) is 3.66. The lowest BCUT2D eigenvalue weighted by atomic mass is 9.91. The monoisotopic (exact) mass is 432 g/mol. The minimum Gasteiger partial charge on any atom is -0.338 e. The predicted octanol–water partition coefficient (Wildman–Crippen LogP) is 1.86. The molecule has 0 radical (unpaired) electrons. The van der Waals surface area contributed by atoms with Gasteiger partial charge < -0.3 is 9.80 Å². The van der Waals surface area contributed by atoms with Gasteiger partial charge in [0.25, 0.3) is 11.8 Å². The maximum Gasteiger partial charge on any atom is 0.255 e. The van der Waals surface area contributed by atoms with E-state index >= 15 is 0 Å². The van der Waals surface area contributed by atoms with Crippen molar-refractivity contribution >= 4 is 23.6 Å². The molecule has 0 bridgehead atoms. The number of carbonyl (C=O) groups excluding carboxylic acids is 4. The van der Waals surface area contributed by atoms with Crippen LogP contribution in [0.4, 0.5) is 0 Å². The molecule has 0 saturated carbocycles. The van der Waals surface area contributed by atoms with Gasteiger partial charge in [-0.15, -0.1) is 0 Å². The SMILES string of the molecule is O=C1CCC(N2Cc3cc(C(=O)N4CCCC(c5cccnc5)C4)ccc3C2=O)C(=O)N1. The number of hydrogen-bond donors (Lipinski definition) is 1. The number of rotatable bonds is 3. The maximum absolute atomic E-state index is 13.2. The van der Waals surface area contributed by atoms with E-state index in [0.29, 0.717) is 30.6 Å². The van der Waals surface area contributed by atoms with Crippen LogP contribution in [-0.2, 0) is 16.1 Å². The summed E-state index contributed by atoms with van der Waals surface area (Å²) < 4.78 is 0. The quantitative estimate of drug-likeness (QED) is 0.747. The maximum atomic E-state index is 13.2. The van der Waals surface area contributed by atoms with Crippen molar-refractivity contribution in [3.63, 3.8) is 0 Å². The molecule has 2 unspecified atom stereocenters. The third-order valence-electron chi connectivity index (χ3n) is 6.63. The zero-order valence-electron chi connectivity index (χ0n) is 17.6. The van der Waals surface area contributed by atoms with Crippen LogP contribution in [0.5, 0.6) is 0 Å². The summed E-state index contributed by atoms with van der Waals surface area (Å²) in [6.07, 6.45) is 6.10. The van der Waals surface area contributed by atoms with E-state index in [0.717, 1.165) is 24.0 Å². The van der Waals surface area contributed by atoms with Crippen LogP contribution in [0.3, 0.4) is 0 Å². The molecule has 3 aliphatic rings. The highest BCUT2D eigenvalue weighted by Crippen LogP contribution is 2.30. The largest absolute Gasteiger partial charge is 0.338 e. The second-order valence-electron chi connectivity index (χ2n) is 8.65. The number of aromatic nitrogens is 1. The van der Waals surface area contributed by atoms with Gasteiger partial charge in [-0.25, -0.2) is 0 Å². The van der Waals surface area contributed by atoms with Crippen molar-refractivity contribution in [2.75, 3.05) is 13.1 Å². The zero-order valence-corrected chi connectivity index (χ0v) is 17.6. The molecule has 0 aliphatic carbocycles. The van der Waals surface area contributed by atoms with E-state index in [1.807, 2.05) is 17.2 Å². The molecular formula is C24H24N4O4. The van der Waals surface area contributed by atoms with Crippen molar-refractivity contribution in [3.8, 4) is 0 Å². The Labute approximate surface area is 185 Å². The van der Waals surface area contributed by atoms with Crippen LogP contribution in [0.1, 0.15) is 63.4 Å². The van der Waals surface area contributed by atoms with Crippen molar-refractivity contribution in [1.29, 1.82) is 0 Å². The van der Waals surface area contributed by atoms with Crippen LogP contribution in [0.2, 0.25) is 0 Å². The molecule has 2 fully saturated rings. The predicted molar refractivity (Wildman–Crippen MR) is 115 cm³/mol. The summed E-state index contributed by atoms with van der Waals surface area (Å²) in [7, 11) is 0. The number of carbonyl (C=O) groups is 4. The van der Waals surface area contributed by atoms with E-state index in [1.54, 1.807) is 24.4 Å². The van der Waals surface area contributed by atoms with Gasteiger partial charge in [0, 0.05) is 55.5 Å². The molecule has 1 aromatic heterocycles. The second kappa shape index (κ2) is 8.18. The van der Waals surface area contributed by atoms with Gasteiger partial charge in [0.15, 0.2) is 0 Å². The lowest BCUT2D eigenvalue weighted by molar-refractivity contribution is -0.136. The van der Waals surface area contributed by atoms with E-state index in [9.17, 15) is 19.2 Å². The Kier molecular flexibility index (Phi) is 5.20. The Bertz CT molecular complexity index is 1100. The lowest BCUT2D eigenvalue weighted by Gasteiger charge is -2.33. The van der Waals surface area contributed by atoms with Crippen LogP contribution in [0, 0.1) is 0 Å². The first-order valence-electron chi connectivity index (χ1n) is 11.0. The van der Waals surface area contributed by atoms with Crippen LogP contribution in [0.25, 0.3) is 0 Å². The first kappa shape index (κ1) is 20.4. The smallest absolute Gasteiger partial charge is 0.255 e. The minimum absolute atomic E-state index is 0.0479. The van der Waals surface area contributed by atoms with Crippen LogP contribution in [0.15, 0.2) is 42.7 Å². The number of imide groups is 1.